The first kappa shape index (κ1) is 13.4. The fourth-order valence-corrected chi connectivity index (χ4v) is 1.71. The molecule has 0 fully saturated rings. The van der Waals surface area contributed by atoms with E-state index in [1.165, 1.54) is 13.2 Å². The summed E-state index contributed by atoms with van der Waals surface area (Å²) < 4.78 is 15.1. The lowest BCUT2D eigenvalue weighted by Crippen LogP contribution is -2.06. The molecule has 0 atom stereocenters. The normalized spacial score (nSPS) is 10.3. The van der Waals surface area contributed by atoms with Gasteiger partial charge in [-0.05, 0) is 25.1 Å². The Hall–Kier alpha value is -2.01. The molecule has 1 aromatic carbocycles. The van der Waals surface area contributed by atoms with E-state index < -0.39 is 5.97 Å². The van der Waals surface area contributed by atoms with E-state index in [1.807, 2.05) is 0 Å². The van der Waals surface area contributed by atoms with Gasteiger partial charge in [-0.3, -0.25) is 0 Å². The largest absolute Gasteiger partial charge is 0.486 e. The zero-order chi connectivity index (χ0) is 13.8. The second-order valence-electron chi connectivity index (χ2n) is 3.85. The van der Waals surface area contributed by atoms with Gasteiger partial charge in [-0.25, -0.2) is 4.79 Å². The van der Waals surface area contributed by atoms with Crippen LogP contribution in [0.25, 0.3) is 0 Å². The molecule has 100 valence electrons. The van der Waals surface area contributed by atoms with Crippen molar-refractivity contribution < 1.29 is 18.8 Å². The Morgan fingerprint density at radius 3 is 2.84 bits per heavy atom. The Labute approximate surface area is 115 Å². The van der Waals surface area contributed by atoms with Gasteiger partial charge in [0.15, 0.2) is 0 Å². The Morgan fingerprint density at radius 1 is 1.42 bits per heavy atom. The van der Waals surface area contributed by atoms with E-state index in [0.717, 1.165) is 0 Å². The molecule has 0 aliphatic heterocycles. The summed E-state index contributed by atoms with van der Waals surface area (Å²) in [5.41, 5.74) is 0.915. The number of aryl methyl sites for hydroxylation is 1. The monoisotopic (exact) mass is 281 g/mol. The number of methoxy groups -OCH3 is 1. The summed E-state index contributed by atoms with van der Waals surface area (Å²) in [6.45, 7) is 1.99. The average molecular weight is 282 g/mol. The van der Waals surface area contributed by atoms with Crippen molar-refractivity contribution in [2.24, 2.45) is 0 Å². The summed E-state index contributed by atoms with van der Waals surface area (Å²) in [5, 5.41) is 4.24. The number of hydrogen-bond acceptors (Lipinski definition) is 5. The van der Waals surface area contributed by atoms with Gasteiger partial charge in [0, 0.05) is 11.1 Å². The number of ether oxygens (including phenoxy) is 2. The van der Waals surface area contributed by atoms with Crippen LogP contribution in [0.4, 0.5) is 0 Å². The average Bonchev–Trinajstić information content (AvgIpc) is 2.82. The predicted octanol–water partition coefficient (Wildman–Crippen LogP) is 3.00. The van der Waals surface area contributed by atoms with Crippen molar-refractivity contribution in [2.75, 3.05) is 7.11 Å². The van der Waals surface area contributed by atoms with Gasteiger partial charge < -0.3 is 14.0 Å². The molecule has 5 nitrogen and oxygen atoms in total. The van der Waals surface area contributed by atoms with Crippen LogP contribution in [-0.2, 0) is 11.3 Å². The van der Waals surface area contributed by atoms with Crippen LogP contribution in [0, 0.1) is 6.92 Å². The molecular formula is C13H12ClNO4. The molecule has 0 saturated heterocycles. The van der Waals surface area contributed by atoms with Crippen LogP contribution in [0.2, 0.25) is 5.02 Å². The molecule has 0 bridgehead atoms. The second kappa shape index (κ2) is 5.75. The van der Waals surface area contributed by atoms with Gasteiger partial charge in [-0.2, -0.15) is 0 Å². The smallest absolute Gasteiger partial charge is 0.341 e. The number of esters is 1. The molecule has 19 heavy (non-hydrogen) atoms. The fourth-order valence-electron chi connectivity index (χ4n) is 1.54. The maximum atomic E-state index is 11.6. The highest BCUT2D eigenvalue weighted by molar-refractivity contribution is 6.31. The number of hydrogen-bond donors (Lipinski definition) is 0. The van der Waals surface area contributed by atoms with Crippen LogP contribution in [0.1, 0.15) is 21.8 Å². The van der Waals surface area contributed by atoms with Gasteiger partial charge >= 0.3 is 5.97 Å². The zero-order valence-electron chi connectivity index (χ0n) is 10.5. The molecule has 0 aliphatic carbocycles. The summed E-state index contributed by atoms with van der Waals surface area (Å²) >= 11 is 5.85. The van der Waals surface area contributed by atoms with Crippen LogP contribution in [-0.4, -0.2) is 18.2 Å². The van der Waals surface area contributed by atoms with Gasteiger partial charge in [0.25, 0.3) is 0 Å². The van der Waals surface area contributed by atoms with Crippen molar-refractivity contribution in [3.63, 3.8) is 0 Å². The first-order chi connectivity index (χ1) is 9.10. The van der Waals surface area contributed by atoms with Crippen molar-refractivity contribution in [2.45, 2.75) is 13.5 Å². The molecule has 0 unspecified atom stereocenters. The number of carbonyl (C=O) groups is 1. The van der Waals surface area contributed by atoms with E-state index in [9.17, 15) is 4.79 Å². The molecule has 0 amide bonds. The summed E-state index contributed by atoms with van der Waals surface area (Å²) in [6.07, 6.45) is 0. The topological polar surface area (TPSA) is 61.6 Å². The van der Waals surface area contributed by atoms with Crippen LogP contribution in [0.15, 0.2) is 28.8 Å². The molecule has 6 heteroatoms. The first-order valence-corrected chi connectivity index (χ1v) is 5.91. The minimum absolute atomic E-state index is 0.197. The molecule has 0 aliphatic rings. The maximum absolute atomic E-state index is 11.6. The number of nitrogens with zero attached hydrogens (tertiary/aromatic N) is 1. The minimum Gasteiger partial charge on any atom is -0.486 e. The number of carbonyl (C=O) groups excluding carboxylic acids is 1. The van der Waals surface area contributed by atoms with Crippen LogP contribution >= 0.6 is 11.6 Å². The highest BCUT2D eigenvalue weighted by atomic mass is 35.5. The third kappa shape index (κ3) is 3.26. The van der Waals surface area contributed by atoms with E-state index in [1.54, 1.807) is 25.1 Å². The molecule has 2 aromatic rings. The Morgan fingerprint density at radius 2 is 2.21 bits per heavy atom. The molecule has 0 spiro atoms. The fraction of sp³-hybridized carbons (Fsp3) is 0.231. The first-order valence-electron chi connectivity index (χ1n) is 5.53. The van der Waals surface area contributed by atoms with Crippen LogP contribution in [0.5, 0.6) is 5.75 Å². The van der Waals surface area contributed by atoms with Gasteiger partial charge in [0.05, 0.1) is 7.11 Å². The lowest BCUT2D eigenvalue weighted by atomic mass is 10.2. The van der Waals surface area contributed by atoms with Gasteiger partial charge in [-0.15, -0.1) is 0 Å². The van der Waals surface area contributed by atoms with Crippen molar-refractivity contribution in [3.8, 4) is 5.75 Å². The van der Waals surface area contributed by atoms with Crippen LogP contribution in [0.3, 0.4) is 0 Å². The van der Waals surface area contributed by atoms with Crippen molar-refractivity contribution in [1.29, 1.82) is 0 Å². The molecule has 0 radical (unpaired) electrons. The summed E-state index contributed by atoms with van der Waals surface area (Å²) in [7, 11) is 1.30. The van der Waals surface area contributed by atoms with E-state index in [4.69, 9.17) is 20.9 Å². The second-order valence-corrected chi connectivity index (χ2v) is 4.29. The predicted molar refractivity (Wildman–Crippen MR) is 68.4 cm³/mol. The maximum Gasteiger partial charge on any atom is 0.341 e. The zero-order valence-corrected chi connectivity index (χ0v) is 11.2. The van der Waals surface area contributed by atoms with Crippen molar-refractivity contribution in [3.05, 3.63) is 46.3 Å². The van der Waals surface area contributed by atoms with E-state index in [2.05, 4.69) is 9.89 Å². The minimum atomic E-state index is -0.506. The van der Waals surface area contributed by atoms with E-state index in [-0.39, 0.29) is 12.2 Å². The lowest BCUT2D eigenvalue weighted by molar-refractivity contribution is 0.0595. The highest BCUT2D eigenvalue weighted by Gasteiger charge is 2.14. The number of rotatable bonds is 4. The molecule has 2 rings (SSSR count). The van der Waals surface area contributed by atoms with Gasteiger partial charge in [-0.1, -0.05) is 16.8 Å². The Bertz CT molecular complexity index is 594. The number of aromatic nitrogens is 1. The number of halogens is 1. The van der Waals surface area contributed by atoms with E-state index in [0.29, 0.717) is 22.2 Å². The quantitative estimate of drug-likeness (QED) is 0.806. The van der Waals surface area contributed by atoms with E-state index >= 15 is 0 Å². The molecule has 0 saturated carbocycles. The molecule has 1 aromatic heterocycles. The van der Waals surface area contributed by atoms with Crippen LogP contribution < -0.4 is 4.74 Å². The lowest BCUT2D eigenvalue weighted by Gasteiger charge is -2.09. The third-order valence-corrected chi connectivity index (χ3v) is 2.63. The standard InChI is InChI=1S/C13H12ClNO4/c1-8-5-10(15-19-8)7-18-12-4-3-9(14)6-11(12)13(16)17-2/h3-6H,7H2,1-2H3. The summed E-state index contributed by atoms with van der Waals surface area (Å²) in [4.78, 5) is 11.6. The molecular weight excluding hydrogens is 270 g/mol. The summed E-state index contributed by atoms with van der Waals surface area (Å²) in [6, 6.07) is 6.50. The Kier molecular flexibility index (Phi) is 4.06. The van der Waals surface area contributed by atoms with Crippen molar-refractivity contribution >= 4 is 17.6 Å². The Balaban J connectivity index is 2.17. The highest BCUT2D eigenvalue weighted by Crippen LogP contribution is 2.24. The van der Waals surface area contributed by atoms with Gasteiger partial charge in [0.2, 0.25) is 0 Å². The molecule has 0 N–H and O–H groups in total. The number of benzene rings is 1. The molecule has 1 heterocycles. The SMILES string of the molecule is COC(=O)c1cc(Cl)ccc1OCc1cc(C)on1. The van der Waals surface area contributed by atoms with Crippen molar-refractivity contribution in [1.82, 2.24) is 5.16 Å². The summed E-state index contributed by atoms with van der Waals surface area (Å²) in [5.74, 6) is 0.577. The van der Waals surface area contributed by atoms with Gasteiger partial charge in [0.1, 0.15) is 29.4 Å². The third-order valence-electron chi connectivity index (χ3n) is 2.40.